The molecule has 2 aliphatic rings. The lowest BCUT2D eigenvalue weighted by Gasteiger charge is -2.16. The number of nitrogens with one attached hydrogen (secondary N) is 2. The summed E-state index contributed by atoms with van der Waals surface area (Å²) in [5.74, 6) is 0.883. The summed E-state index contributed by atoms with van der Waals surface area (Å²) in [5, 5.41) is 6.19. The van der Waals surface area contributed by atoms with E-state index in [9.17, 15) is 4.79 Å². The fourth-order valence-corrected chi connectivity index (χ4v) is 1.93. The molecule has 1 aliphatic heterocycles. The van der Waals surface area contributed by atoms with Crippen molar-refractivity contribution in [2.24, 2.45) is 11.7 Å². The van der Waals surface area contributed by atoms with Crippen LogP contribution in [-0.4, -0.2) is 30.6 Å². The van der Waals surface area contributed by atoms with Crippen LogP contribution in [0.5, 0.6) is 0 Å². The van der Waals surface area contributed by atoms with Gasteiger partial charge >= 0.3 is 0 Å². The molecule has 0 bridgehead atoms. The maximum Gasteiger partial charge on any atom is 0.237 e. The molecule has 0 aromatic carbocycles. The van der Waals surface area contributed by atoms with Gasteiger partial charge in [-0.25, -0.2) is 0 Å². The molecule has 2 fully saturated rings. The quantitative estimate of drug-likeness (QED) is 0.607. The molecule has 0 aromatic heterocycles. The summed E-state index contributed by atoms with van der Waals surface area (Å²) in [4.78, 5) is 11.6. The lowest BCUT2D eigenvalue weighted by atomic mass is 10.1. The van der Waals surface area contributed by atoms with Crippen molar-refractivity contribution in [2.75, 3.05) is 6.54 Å². The molecule has 1 saturated carbocycles. The van der Waals surface area contributed by atoms with Gasteiger partial charge in [0, 0.05) is 18.6 Å². The van der Waals surface area contributed by atoms with Crippen molar-refractivity contribution in [3.8, 4) is 0 Å². The van der Waals surface area contributed by atoms with E-state index in [0.717, 1.165) is 12.3 Å². The van der Waals surface area contributed by atoms with Crippen molar-refractivity contribution in [2.45, 2.75) is 37.9 Å². The van der Waals surface area contributed by atoms with Gasteiger partial charge < -0.3 is 16.4 Å². The van der Waals surface area contributed by atoms with Gasteiger partial charge in [-0.15, -0.1) is 12.4 Å². The van der Waals surface area contributed by atoms with Crippen molar-refractivity contribution in [3.63, 3.8) is 0 Å². The largest absolute Gasteiger partial charge is 0.351 e. The Balaban J connectivity index is 0.000000980. The Morgan fingerprint density at radius 1 is 1.64 bits per heavy atom. The first-order valence-electron chi connectivity index (χ1n) is 4.97. The van der Waals surface area contributed by atoms with Gasteiger partial charge in [-0.1, -0.05) is 0 Å². The monoisotopic (exact) mass is 219 g/mol. The predicted octanol–water partition coefficient (Wildman–Crippen LogP) is -0.378. The second-order valence-electron chi connectivity index (χ2n) is 4.20. The molecule has 82 valence electrons. The van der Waals surface area contributed by atoms with E-state index < -0.39 is 0 Å². The van der Waals surface area contributed by atoms with E-state index in [0.29, 0.717) is 12.6 Å². The van der Waals surface area contributed by atoms with E-state index in [4.69, 9.17) is 5.73 Å². The summed E-state index contributed by atoms with van der Waals surface area (Å²) in [5.41, 5.74) is 5.42. The predicted molar refractivity (Wildman–Crippen MR) is 57.3 cm³/mol. The van der Waals surface area contributed by atoms with Gasteiger partial charge in [-0.3, -0.25) is 4.79 Å². The van der Waals surface area contributed by atoms with E-state index in [2.05, 4.69) is 10.6 Å². The van der Waals surface area contributed by atoms with Gasteiger partial charge in [-0.2, -0.15) is 0 Å². The summed E-state index contributed by atoms with van der Waals surface area (Å²) in [6.45, 7) is 2.43. The van der Waals surface area contributed by atoms with Gasteiger partial charge in [0.05, 0.1) is 6.04 Å². The SMILES string of the molecule is C[C@H](CN)NC(=O)[C@@H]1C[C@@H]2C[C@@H]2N1.Cl. The van der Waals surface area contributed by atoms with Crippen LogP contribution in [0.3, 0.4) is 0 Å². The van der Waals surface area contributed by atoms with Crippen LogP contribution in [0, 0.1) is 5.92 Å². The molecule has 1 amide bonds. The number of carbonyl (C=O) groups excluding carboxylic acids is 1. The number of hydrogen-bond donors (Lipinski definition) is 3. The molecule has 4 nitrogen and oxygen atoms in total. The van der Waals surface area contributed by atoms with E-state index in [1.54, 1.807) is 0 Å². The number of hydrogen-bond acceptors (Lipinski definition) is 3. The van der Waals surface area contributed by atoms with Crippen LogP contribution in [0.15, 0.2) is 0 Å². The third-order valence-corrected chi connectivity index (χ3v) is 2.94. The Kier molecular flexibility index (Phi) is 3.75. The first-order valence-corrected chi connectivity index (χ1v) is 4.97. The normalized spacial score (nSPS) is 35.4. The molecular formula is C9H18ClN3O. The van der Waals surface area contributed by atoms with Crippen LogP contribution in [0.2, 0.25) is 0 Å². The van der Waals surface area contributed by atoms with Gasteiger partial charge in [0.2, 0.25) is 5.91 Å². The van der Waals surface area contributed by atoms with Crippen LogP contribution in [0.4, 0.5) is 0 Å². The average Bonchev–Trinajstić information content (AvgIpc) is 2.73. The van der Waals surface area contributed by atoms with Crippen molar-refractivity contribution < 1.29 is 4.79 Å². The smallest absolute Gasteiger partial charge is 0.237 e. The number of amides is 1. The molecule has 4 atom stereocenters. The molecule has 1 heterocycles. The van der Waals surface area contributed by atoms with Crippen LogP contribution < -0.4 is 16.4 Å². The van der Waals surface area contributed by atoms with Crippen LogP contribution in [0.25, 0.3) is 0 Å². The zero-order valence-corrected chi connectivity index (χ0v) is 9.14. The summed E-state index contributed by atoms with van der Waals surface area (Å²) in [6.07, 6.45) is 2.27. The van der Waals surface area contributed by atoms with Gasteiger partial charge in [0.15, 0.2) is 0 Å². The highest BCUT2D eigenvalue weighted by molar-refractivity contribution is 5.85. The zero-order chi connectivity index (χ0) is 9.42. The van der Waals surface area contributed by atoms with Crippen LogP contribution in [0.1, 0.15) is 19.8 Å². The zero-order valence-electron chi connectivity index (χ0n) is 8.32. The van der Waals surface area contributed by atoms with E-state index in [-0.39, 0.29) is 30.4 Å². The molecule has 2 rings (SSSR count). The van der Waals surface area contributed by atoms with Crippen molar-refractivity contribution >= 4 is 18.3 Å². The molecular weight excluding hydrogens is 202 g/mol. The number of nitrogens with two attached hydrogens (primary N) is 1. The molecule has 0 radical (unpaired) electrons. The Morgan fingerprint density at radius 2 is 2.36 bits per heavy atom. The van der Waals surface area contributed by atoms with Gasteiger partial charge in [0.25, 0.3) is 0 Å². The molecule has 1 aliphatic carbocycles. The van der Waals surface area contributed by atoms with Gasteiger partial charge in [-0.05, 0) is 25.7 Å². The second-order valence-corrected chi connectivity index (χ2v) is 4.20. The Morgan fingerprint density at radius 3 is 2.86 bits per heavy atom. The summed E-state index contributed by atoms with van der Waals surface area (Å²) >= 11 is 0. The van der Waals surface area contributed by atoms with E-state index >= 15 is 0 Å². The summed E-state index contributed by atoms with van der Waals surface area (Å²) < 4.78 is 0. The first kappa shape index (κ1) is 11.8. The molecule has 5 heteroatoms. The van der Waals surface area contributed by atoms with Gasteiger partial charge in [0.1, 0.15) is 0 Å². The Labute approximate surface area is 90.4 Å². The topological polar surface area (TPSA) is 67.1 Å². The summed E-state index contributed by atoms with van der Waals surface area (Å²) in [6, 6.07) is 0.757. The van der Waals surface area contributed by atoms with E-state index in [1.807, 2.05) is 6.92 Å². The van der Waals surface area contributed by atoms with Crippen molar-refractivity contribution in [3.05, 3.63) is 0 Å². The maximum atomic E-state index is 11.6. The fraction of sp³-hybridized carbons (Fsp3) is 0.889. The molecule has 14 heavy (non-hydrogen) atoms. The standard InChI is InChI=1S/C9H17N3O.ClH/c1-5(4-10)11-9(13)8-3-6-2-7(6)12-8;/h5-8,12H,2-4,10H2,1H3,(H,11,13);1H/t5-,6+,7+,8+;/m1./s1. The third kappa shape index (κ3) is 2.38. The van der Waals surface area contributed by atoms with Crippen molar-refractivity contribution in [1.82, 2.24) is 10.6 Å². The van der Waals surface area contributed by atoms with Crippen LogP contribution in [-0.2, 0) is 4.79 Å². The minimum Gasteiger partial charge on any atom is -0.351 e. The van der Waals surface area contributed by atoms with E-state index in [1.165, 1.54) is 6.42 Å². The fourth-order valence-electron chi connectivity index (χ4n) is 1.93. The molecule has 1 saturated heterocycles. The maximum absolute atomic E-state index is 11.6. The highest BCUT2D eigenvalue weighted by Gasteiger charge is 2.47. The Hall–Kier alpha value is -0.320. The second kappa shape index (κ2) is 4.47. The lowest BCUT2D eigenvalue weighted by molar-refractivity contribution is -0.123. The van der Waals surface area contributed by atoms with Crippen LogP contribution >= 0.6 is 12.4 Å². The number of carbonyl (C=O) groups is 1. The Bertz CT molecular complexity index is 214. The molecule has 0 spiro atoms. The average molecular weight is 220 g/mol. The number of halogens is 1. The number of fused-ring (bicyclic) bond motifs is 1. The third-order valence-electron chi connectivity index (χ3n) is 2.94. The molecule has 0 aromatic rings. The summed E-state index contributed by atoms with van der Waals surface area (Å²) in [7, 11) is 0. The molecule has 0 unspecified atom stereocenters. The minimum atomic E-state index is 0. The first-order chi connectivity index (χ1) is 6.20. The lowest BCUT2D eigenvalue weighted by Crippen LogP contribution is -2.47. The molecule has 4 N–H and O–H groups in total. The number of piperidine rings is 1. The minimum absolute atomic E-state index is 0. The van der Waals surface area contributed by atoms with Crippen molar-refractivity contribution in [1.29, 1.82) is 0 Å². The highest BCUT2D eigenvalue weighted by atomic mass is 35.5. The number of rotatable bonds is 3. The highest BCUT2D eigenvalue weighted by Crippen LogP contribution is 2.40.